The number of methoxy groups -OCH3 is 1. The third kappa shape index (κ3) is 5.21. The highest BCUT2D eigenvalue weighted by Gasteiger charge is 2.30. The zero-order chi connectivity index (χ0) is 21.7. The third-order valence-electron chi connectivity index (χ3n) is 5.41. The Kier molecular flexibility index (Phi) is 7.15. The normalized spacial score (nSPS) is 15.9. The van der Waals surface area contributed by atoms with Gasteiger partial charge in [-0.1, -0.05) is 30.3 Å². The van der Waals surface area contributed by atoms with E-state index < -0.39 is 10.0 Å². The van der Waals surface area contributed by atoms with Gasteiger partial charge in [-0.25, -0.2) is 8.42 Å². The predicted octanol–water partition coefficient (Wildman–Crippen LogP) is 3.48. The molecule has 1 amide bonds. The van der Waals surface area contributed by atoms with E-state index in [1.807, 2.05) is 32.0 Å². The van der Waals surface area contributed by atoms with Crippen LogP contribution in [-0.4, -0.2) is 44.9 Å². The van der Waals surface area contributed by atoms with Crippen LogP contribution in [0.25, 0.3) is 0 Å². The maximum absolute atomic E-state index is 13.2. The number of nitrogens with zero attached hydrogens (tertiary/aromatic N) is 1. The van der Waals surface area contributed by atoms with Crippen molar-refractivity contribution in [2.75, 3.05) is 20.2 Å². The van der Waals surface area contributed by atoms with Crippen LogP contribution < -0.4 is 10.1 Å². The molecule has 1 aliphatic heterocycles. The lowest BCUT2D eigenvalue weighted by Crippen LogP contribution is -2.39. The van der Waals surface area contributed by atoms with Crippen molar-refractivity contribution in [2.45, 2.75) is 44.0 Å². The van der Waals surface area contributed by atoms with Crippen LogP contribution in [0.4, 0.5) is 0 Å². The summed E-state index contributed by atoms with van der Waals surface area (Å²) in [6, 6.07) is 14.7. The van der Waals surface area contributed by atoms with Crippen LogP contribution in [0.5, 0.6) is 5.75 Å². The van der Waals surface area contributed by atoms with E-state index in [1.54, 1.807) is 6.07 Å². The van der Waals surface area contributed by atoms with Crippen LogP contribution in [0, 0.1) is 5.92 Å². The van der Waals surface area contributed by atoms with E-state index in [2.05, 4.69) is 17.4 Å². The number of hydrogen-bond donors (Lipinski definition) is 1. The number of carbonyl (C=O) groups excluding carboxylic acids is 1. The number of carbonyl (C=O) groups is 1. The second-order valence-electron chi connectivity index (χ2n) is 8.03. The minimum absolute atomic E-state index is 0.0638. The maximum Gasteiger partial charge on any atom is 0.255 e. The van der Waals surface area contributed by atoms with Gasteiger partial charge in [0.2, 0.25) is 10.0 Å². The topological polar surface area (TPSA) is 75.7 Å². The smallest absolute Gasteiger partial charge is 0.255 e. The molecular formula is C23H30N2O4S. The zero-order valence-corrected chi connectivity index (χ0v) is 18.6. The van der Waals surface area contributed by atoms with E-state index in [0.717, 1.165) is 19.3 Å². The first-order valence-electron chi connectivity index (χ1n) is 10.3. The number of hydrogen-bond acceptors (Lipinski definition) is 4. The third-order valence-corrected chi connectivity index (χ3v) is 7.31. The number of sulfonamides is 1. The highest BCUT2D eigenvalue weighted by atomic mass is 32.2. The Morgan fingerprint density at radius 1 is 1.13 bits per heavy atom. The van der Waals surface area contributed by atoms with Crippen molar-refractivity contribution >= 4 is 15.9 Å². The number of amides is 1. The first-order chi connectivity index (χ1) is 14.3. The summed E-state index contributed by atoms with van der Waals surface area (Å²) in [4.78, 5) is 12.6. The molecule has 30 heavy (non-hydrogen) atoms. The molecule has 1 aliphatic rings. The van der Waals surface area contributed by atoms with E-state index >= 15 is 0 Å². The molecule has 1 saturated heterocycles. The fraction of sp³-hybridized carbons (Fsp3) is 0.435. The summed E-state index contributed by atoms with van der Waals surface area (Å²) in [6.45, 7) is 4.67. The number of ether oxygens (including phenoxy) is 1. The molecule has 2 aromatic carbocycles. The molecule has 0 unspecified atom stereocenters. The Hall–Kier alpha value is -2.38. The van der Waals surface area contributed by atoms with E-state index in [-0.39, 0.29) is 22.4 Å². The second kappa shape index (κ2) is 9.62. The number of nitrogens with one attached hydrogen (secondary N) is 1. The Balaban J connectivity index is 1.73. The van der Waals surface area contributed by atoms with Gasteiger partial charge in [-0.2, -0.15) is 4.31 Å². The molecule has 0 spiro atoms. The molecule has 162 valence electrons. The molecule has 1 heterocycles. The molecule has 0 aromatic heterocycles. The summed E-state index contributed by atoms with van der Waals surface area (Å²) in [5.74, 6) is 0.483. The van der Waals surface area contributed by atoms with Crippen molar-refractivity contribution in [3.63, 3.8) is 0 Å². The summed E-state index contributed by atoms with van der Waals surface area (Å²) in [7, 11) is -2.20. The molecule has 0 bridgehead atoms. The summed E-state index contributed by atoms with van der Waals surface area (Å²) in [5.41, 5.74) is 1.51. The Morgan fingerprint density at radius 2 is 1.80 bits per heavy atom. The molecule has 0 aliphatic carbocycles. The van der Waals surface area contributed by atoms with E-state index in [1.165, 1.54) is 29.1 Å². The van der Waals surface area contributed by atoms with Crippen LogP contribution in [-0.2, 0) is 16.4 Å². The van der Waals surface area contributed by atoms with Gasteiger partial charge in [-0.3, -0.25) is 4.79 Å². The van der Waals surface area contributed by atoms with Gasteiger partial charge in [0.1, 0.15) is 5.75 Å². The van der Waals surface area contributed by atoms with Crippen molar-refractivity contribution in [1.29, 1.82) is 0 Å². The highest BCUT2D eigenvalue weighted by molar-refractivity contribution is 7.89. The van der Waals surface area contributed by atoms with Gasteiger partial charge in [0, 0.05) is 19.1 Å². The molecule has 1 fully saturated rings. The van der Waals surface area contributed by atoms with Gasteiger partial charge in [-0.15, -0.1) is 0 Å². The molecule has 7 heteroatoms. The van der Waals surface area contributed by atoms with Gasteiger partial charge in [0.05, 0.1) is 17.6 Å². The molecule has 0 atom stereocenters. The quantitative estimate of drug-likeness (QED) is 0.730. The highest BCUT2D eigenvalue weighted by Crippen LogP contribution is 2.29. The van der Waals surface area contributed by atoms with Gasteiger partial charge >= 0.3 is 0 Å². The molecule has 3 rings (SSSR count). The van der Waals surface area contributed by atoms with Crippen molar-refractivity contribution in [2.24, 2.45) is 5.92 Å². The first-order valence-corrected chi connectivity index (χ1v) is 11.8. The molecule has 0 saturated carbocycles. The average Bonchev–Trinajstić information content (AvgIpc) is 2.74. The van der Waals surface area contributed by atoms with Crippen LogP contribution in [0.1, 0.15) is 42.6 Å². The number of benzene rings is 2. The van der Waals surface area contributed by atoms with E-state index in [4.69, 9.17) is 4.74 Å². The standard InChI is InChI=1S/C23H30N2O4S/c1-17(2)24-23(26)21-16-20(9-10-22(21)29-3)30(27,28)25-13-11-19(12-14-25)15-18-7-5-4-6-8-18/h4-10,16-17,19H,11-15H2,1-3H3,(H,24,26). The van der Waals surface area contributed by atoms with Crippen molar-refractivity contribution < 1.29 is 17.9 Å². The first kappa shape index (κ1) is 22.3. The van der Waals surface area contributed by atoms with Gasteiger partial charge < -0.3 is 10.1 Å². The average molecular weight is 431 g/mol. The summed E-state index contributed by atoms with van der Waals surface area (Å²) >= 11 is 0. The maximum atomic E-state index is 13.2. The largest absolute Gasteiger partial charge is 0.496 e. The Bertz CT molecular complexity index is 966. The van der Waals surface area contributed by atoms with Crippen LogP contribution in [0.2, 0.25) is 0 Å². The predicted molar refractivity (Wildman–Crippen MR) is 117 cm³/mol. The van der Waals surface area contributed by atoms with E-state index in [0.29, 0.717) is 24.8 Å². The van der Waals surface area contributed by atoms with Crippen LogP contribution >= 0.6 is 0 Å². The molecule has 0 radical (unpaired) electrons. The van der Waals surface area contributed by atoms with Gasteiger partial charge in [0.15, 0.2) is 0 Å². The lowest BCUT2D eigenvalue weighted by atomic mass is 9.91. The van der Waals surface area contributed by atoms with Crippen LogP contribution in [0.15, 0.2) is 53.4 Å². The zero-order valence-electron chi connectivity index (χ0n) is 17.8. The van der Waals surface area contributed by atoms with Crippen LogP contribution in [0.3, 0.4) is 0 Å². The molecule has 6 nitrogen and oxygen atoms in total. The molecular weight excluding hydrogens is 400 g/mol. The lowest BCUT2D eigenvalue weighted by Gasteiger charge is -2.31. The summed E-state index contributed by atoms with van der Waals surface area (Å²) in [5, 5.41) is 2.79. The summed E-state index contributed by atoms with van der Waals surface area (Å²) in [6.07, 6.45) is 2.62. The fourth-order valence-corrected chi connectivity index (χ4v) is 5.31. The second-order valence-corrected chi connectivity index (χ2v) is 9.97. The summed E-state index contributed by atoms with van der Waals surface area (Å²) < 4.78 is 33.2. The number of rotatable bonds is 7. The van der Waals surface area contributed by atoms with Crippen molar-refractivity contribution in [1.82, 2.24) is 9.62 Å². The van der Waals surface area contributed by atoms with Crippen molar-refractivity contribution in [3.05, 3.63) is 59.7 Å². The minimum atomic E-state index is -3.67. The molecule has 1 N–H and O–H groups in total. The Morgan fingerprint density at radius 3 is 2.40 bits per heavy atom. The van der Waals surface area contributed by atoms with Crippen molar-refractivity contribution in [3.8, 4) is 5.75 Å². The minimum Gasteiger partial charge on any atom is -0.496 e. The Labute approximate surface area is 179 Å². The fourth-order valence-electron chi connectivity index (χ4n) is 3.82. The van der Waals surface area contributed by atoms with Gasteiger partial charge in [-0.05, 0) is 62.8 Å². The SMILES string of the molecule is COc1ccc(S(=O)(=O)N2CCC(Cc3ccccc3)CC2)cc1C(=O)NC(C)C. The number of piperidine rings is 1. The monoisotopic (exact) mass is 430 g/mol. The van der Waals surface area contributed by atoms with E-state index in [9.17, 15) is 13.2 Å². The molecule has 2 aromatic rings. The van der Waals surface area contributed by atoms with Gasteiger partial charge in [0.25, 0.3) is 5.91 Å². The lowest BCUT2D eigenvalue weighted by molar-refractivity contribution is 0.0940.